The first-order valence-corrected chi connectivity index (χ1v) is 11.8. The summed E-state index contributed by atoms with van der Waals surface area (Å²) in [4.78, 5) is 24.5. The van der Waals surface area contributed by atoms with Gasteiger partial charge in [0.15, 0.2) is 6.10 Å². The molecule has 3 aromatic rings. The van der Waals surface area contributed by atoms with Crippen molar-refractivity contribution in [2.24, 2.45) is 0 Å². The van der Waals surface area contributed by atoms with Gasteiger partial charge in [0.1, 0.15) is 11.9 Å². The van der Waals surface area contributed by atoms with Gasteiger partial charge in [-0.25, -0.2) is 10.3 Å². The number of hydrogen-bond acceptors (Lipinski definition) is 6. The van der Waals surface area contributed by atoms with E-state index in [0.29, 0.717) is 14.6 Å². The lowest BCUT2D eigenvalue weighted by Gasteiger charge is -2.26. The van der Waals surface area contributed by atoms with E-state index in [4.69, 9.17) is 14.7 Å². The van der Waals surface area contributed by atoms with Crippen molar-refractivity contribution in [3.8, 4) is 5.75 Å². The van der Waals surface area contributed by atoms with Crippen LogP contribution in [0.2, 0.25) is 0 Å². The molecule has 0 unspecified atom stereocenters. The Labute approximate surface area is 212 Å². The molecule has 2 amide bonds. The van der Waals surface area contributed by atoms with E-state index >= 15 is 0 Å². The van der Waals surface area contributed by atoms with Crippen molar-refractivity contribution in [3.05, 3.63) is 81.3 Å². The smallest absolute Gasteiger partial charge is 0.412 e. The van der Waals surface area contributed by atoms with Crippen LogP contribution in [-0.2, 0) is 14.3 Å². The lowest BCUT2D eigenvalue weighted by atomic mass is 10.0. The van der Waals surface area contributed by atoms with Crippen molar-refractivity contribution in [2.45, 2.75) is 19.1 Å². The summed E-state index contributed by atoms with van der Waals surface area (Å²) in [5.74, 6) is -0.945. The molecule has 3 aromatic carbocycles. The average molecular weight is 594 g/mol. The highest BCUT2D eigenvalue weighted by molar-refractivity contribution is 9.11. The highest BCUT2D eigenvalue weighted by atomic mass is 79.9. The van der Waals surface area contributed by atoms with Crippen LogP contribution in [0.4, 0.5) is 10.5 Å². The molecule has 0 aliphatic heterocycles. The molecule has 0 spiro atoms. The van der Waals surface area contributed by atoms with Crippen LogP contribution in [0.15, 0.2) is 75.7 Å². The topological polar surface area (TPSA) is 117 Å². The monoisotopic (exact) mass is 592 g/mol. The highest BCUT2D eigenvalue weighted by Gasteiger charge is 2.30. The van der Waals surface area contributed by atoms with E-state index in [-0.39, 0.29) is 17.9 Å². The van der Waals surface area contributed by atoms with Gasteiger partial charge in [-0.15, -0.1) is 0 Å². The molecule has 4 N–H and O–H groups in total. The van der Waals surface area contributed by atoms with Crippen molar-refractivity contribution in [1.82, 2.24) is 5.48 Å². The van der Waals surface area contributed by atoms with Gasteiger partial charge in [-0.1, -0.05) is 52.3 Å². The summed E-state index contributed by atoms with van der Waals surface area (Å²) in [5, 5.41) is 24.0. The van der Waals surface area contributed by atoms with Gasteiger partial charge in [0, 0.05) is 28.1 Å². The molecule has 0 heterocycles. The molecule has 10 heteroatoms. The Balaban J connectivity index is 1.98. The maximum atomic E-state index is 13.0. The fourth-order valence-electron chi connectivity index (χ4n) is 3.36. The number of halogens is 2. The first-order chi connectivity index (χ1) is 16.3. The standard InChI is InChI=1S/C24H22Br2N2O6/c1-2-33-20(10-11-21(29)28-32)23(17-12-15(25)13-18(26)22(17)30)34-24(31)27-19-9-5-7-14-6-3-4-8-16(14)19/h3-13,20,23,30,32H,2H2,1H3,(H,27,31)(H,28,29)/b11-10+/t20-,23-/m0/s1. The quantitative estimate of drug-likeness (QED) is 0.148. The maximum absolute atomic E-state index is 13.0. The zero-order chi connectivity index (χ0) is 24.7. The number of nitrogens with one attached hydrogen (secondary N) is 2. The van der Waals surface area contributed by atoms with E-state index in [0.717, 1.165) is 16.8 Å². The maximum Gasteiger partial charge on any atom is 0.412 e. The molecular formula is C24H22Br2N2O6. The summed E-state index contributed by atoms with van der Waals surface area (Å²) in [6, 6.07) is 16.3. The number of rotatable bonds is 8. The van der Waals surface area contributed by atoms with Crippen LogP contribution in [0, 0.1) is 0 Å². The predicted molar refractivity (Wildman–Crippen MR) is 135 cm³/mol. The summed E-state index contributed by atoms with van der Waals surface area (Å²) in [6.45, 7) is 1.95. The summed E-state index contributed by atoms with van der Waals surface area (Å²) in [6.07, 6.45) is -0.525. The SMILES string of the molecule is CCO[C@@H](/C=C/C(=O)NO)[C@@H](OC(=O)Nc1cccc2ccccc12)c1cc(Br)cc(Br)c1O. The zero-order valence-corrected chi connectivity index (χ0v) is 21.2. The fourth-order valence-corrected chi connectivity index (χ4v) is 4.61. The normalized spacial score (nSPS) is 12.9. The molecule has 0 radical (unpaired) electrons. The van der Waals surface area contributed by atoms with Crippen molar-refractivity contribution < 1.29 is 29.4 Å². The van der Waals surface area contributed by atoms with Crippen LogP contribution in [0.3, 0.4) is 0 Å². The number of ether oxygens (including phenoxy) is 2. The Bertz CT molecular complexity index is 1210. The number of benzene rings is 3. The molecule has 8 nitrogen and oxygen atoms in total. The minimum Gasteiger partial charge on any atom is -0.506 e. The molecule has 2 atom stereocenters. The Morgan fingerprint density at radius 2 is 1.85 bits per heavy atom. The molecule has 0 saturated heterocycles. The van der Waals surface area contributed by atoms with Gasteiger partial charge in [-0.05, 0) is 52.5 Å². The number of hydroxylamine groups is 1. The van der Waals surface area contributed by atoms with Gasteiger partial charge in [-0.2, -0.15) is 0 Å². The van der Waals surface area contributed by atoms with Crippen LogP contribution in [0.1, 0.15) is 18.6 Å². The summed E-state index contributed by atoms with van der Waals surface area (Å²) in [5.41, 5.74) is 2.28. The van der Waals surface area contributed by atoms with Crippen LogP contribution in [0.5, 0.6) is 5.75 Å². The molecular weight excluding hydrogens is 572 g/mol. The third-order valence-corrected chi connectivity index (χ3v) is 5.89. The van der Waals surface area contributed by atoms with Crippen molar-refractivity contribution in [1.29, 1.82) is 0 Å². The lowest BCUT2D eigenvalue weighted by molar-refractivity contribution is -0.124. The Morgan fingerprint density at radius 3 is 2.59 bits per heavy atom. The Morgan fingerprint density at radius 1 is 1.12 bits per heavy atom. The van der Waals surface area contributed by atoms with E-state index in [1.165, 1.54) is 11.6 Å². The number of phenols is 1. The van der Waals surface area contributed by atoms with E-state index in [1.54, 1.807) is 25.1 Å². The van der Waals surface area contributed by atoms with Crippen LogP contribution in [0.25, 0.3) is 10.8 Å². The van der Waals surface area contributed by atoms with Gasteiger partial charge < -0.3 is 14.6 Å². The highest BCUT2D eigenvalue weighted by Crippen LogP contribution is 2.39. The molecule has 0 saturated carbocycles. The number of amides is 2. The van der Waals surface area contributed by atoms with Crippen molar-refractivity contribution in [3.63, 3.8) is 0 Å². The second-order valence-electron chi connectivity index (χ2n) is 7.06. The summed E-state index contributed by atoms with van der Waals surface area (Å²) in [7, 11) is 0. The first kappa shape index (κ1) is 25.7. The van der Waals surface area contributed by atoms with E-state index in [2.05, 4.69) is 37.2 Å². The van der Waals surface area contributed by atoms with Gasteiger partial charge in [0.25, 0.3) is 5.91 Å². The van der Waals surface area contributed by atoms with Crippen molar-refractivity contribution >= 4 is 60.3 Å². The van der Waals surface area contributed by atoms with Crippen LogP contribution in [-0.4, -0.2) is 35.0 Å². The molecule has 0 aliphatic carbocycles. The number of anilines is 1. The fraction of sp³-hybridized carbons (Fsp3) is 0.167. The Hall–Kier alpha value is -2.92. The summed E-state index contributed by atoms with van der Waals surface area (Å²) >= 11 is 6.65. The number of hydrogen-bond donors (Lipinski definition) is 4. The van der Waals surface area contributed by atoms with Crippen LogP contribution < -0.4 is 10.8 Å². The van der Waals surface area contributed by atoms with E-state index in [1.807, 2.05) is 36.4 Å². The van der Waals surface area contributed by atoms with Gasteiger partial charge in [0.05, 0.1) is 10.2 Å². The number of aromatic hydroxyl groups is 1. The molecule has 0 bridgehead atoms. The van der Waals surface area contributed by atoms with Gasteiger partial charge >= 0.3 is 6.09 Å². The number of fused-ring (bicyclic) bond motifs is 1. The minimum atomic E-state index is -1.15. The first-order valence-electron chi connectivity index (χ1n) is 10.2. The average Bonchev–Trinajstić information content (AvgIpc) is 2.82. The predicted octanol–water partition coefficient (Wildman–Crippen LogP) is 5.83. The lowest BCUT2D eigenvalue weighted by Crippen LogP contribution is -2.28. The minimum absolute atomic E-state index is 0.157. The molecule has 0 aromatic heterocycles. The largest absolute Gasteiger partial charge is 0.506 e. The number of phenolic OH excluding ortho intramolecular Hbond substituents is 1. The Kier molecular flexibility index (Phi) is 9.05. The van der Waals surface area contributed by atoms with E-state index in [9.17, 15) is 14.7 Å². The molecule has 3 rings (SSSR count). The van der Waals surface area contributed by atoms with E-state index < -0.39 is 24.2 Å². The molecule has 0 aliphatic rings. The van der Waals surface area contributed by atoms with Gasteiger partial charge in [0.2, 0.25) is 0 Å². The zero-order valence-electron chi connectivity index (χ0n) is 18.0. The second kappa shape index (κ2) is 12.0. The third kappa shape index (κ3) is 6.35. The number of carbonyl (C=O) groups is 2. The van der Waals surface area contributed by atoms with Crippen LogP contribution >= 0.6 is 31.9 Å². The summed E-state index contributed by atoms with van der Waals surface area (Å²) < 4.78 is 12.4. The second-order valence-corrected chi connectivity index (χ2v) is 8.83. The number of carbonyl (C=O) groups excluding carboxylic acids is 2. The third-order valence-electron chi connectivity index (χ3n) is 4.83. The van der Waals surface area contributed by atoms with Crippen molar-refractivity contribution in [2.75, 3.05) is 11.9 Å². The van der Waals surface area contributed by atoms with Gasteiger partial charge in [-0.3, -0.25) is 15.3 Å². The molecule has 178 valence electrons. The molecule has 0 fully saturated rings. The molecule has 34 heavy (non-hydrogen) atoms.